The second kappa shape index (κ2) is 6.67. The van der Waals surface area contributed by atoms with E-state index >= 15 is 0 Å². The van der Waals surface area contributed by atoms with Crippen molar-refractivity contribution in [2.45, 2.75) is 0 Å². The molecule has 0 aliphatic carbocycles. The standard InChI is InChI=1S/C5H2Cl3N.CH4N2O2/c6-3-1-2-4(7)9-5(3)8;2-3-1(4)5/h1-2H;3H,2H2,(H,4,5). The van der Waals surface area contributed by atoms with Crippen molar-refractivity contribution in [3.05, 3.63) is 27.5 Å². The van der Waals surface area contributed by atoms with Crippen LogP contribution in [-0.4, -0.2) is 16.2 Å². The first-order valence-electron chi connectivity index (χ1n) is 3.14. The van der Waals surface area contributed by atoms with E-state index in [2.05, 4.69) is 10.8 Å². The van der Waals surface area contributed by atoms with Crippen molar-refractivity contribution in [2.24, 2.45) is 5.84 Å². The van der Waals surface area contributed by atoms with Gasteiger partial charge >= 0.3 is 6.09 Å². The topological polar surface area (TPSA) is 88.2 Å². The average Bonchev–Trinajstić information content (AvgIpc) is 2.13. The number of hydrogen-bond donors (Lipinski definition) is 3. The molecule has 4 N–H and O–H groups in total. The number of amides is 1. The molecule has 0 saturated heterocycles. The van der Waals surface area contributed by atoms with Gasteiger partial charge in [0, 0.05) is 0 Å². The SMILES string of the molecule is Clc1ccc(Cl)c(Cl)n1.NNC(=O)O. The Morgan fingerprint density at radius 1 is 1.43 bits per heavy atom. The second-order valence-corrected chi connectivity index (χ2v) is 3.01. The second-order valence-electron chi connectivity index (χ2n) is 1.86. The maximum atomic E-state index is 9.13. The van der Waals surface area contributed by atoms with Gasteiger partial charge in [-0.05, 0) is 12.1 Å². The van der Waals surface area contributed by atoms with Gasteiger partial charge in [-0.25, -0.2) is 15.6 Å². The number of carbonyl (C=O) groups is 1. The lowest BCUT2D eigenvalue weighted by atomic mass is 10.5. The van der Waals surface area contributed by atoms with Crippen molar-refractivity contribution in [1.82, 2.24) is 10.4 Å². The molecule has 0 aliphatic rings. The summed E-state index contributed by atoms with van der Waals surface area (Å²) in [5.74, 6) is 4.32. The first kappa shape index (κ1) is 13.2. The van der Waals surface area contributed by atoms with Crippen molar-refractivity contribution < 1.29 is 9.90 Å². The number of nitrogens with one attached hydrogen (secondary N) is 1. The van der Waals surface area contributed by atoms with Crippen molar-refractivity contribution in [1.29, 1.82) is 0 Å². The first-order chi connectivity index (χ1) is 6.47. The fourth-order valence-electron chi connectivity index (χ4n) is 0.395. The summed E-state index contributed by atoms with van der Waals surface area (Å²) in [4.78, 5) is 12.8. The van der Waals surface area contributed by atoms with Gasteiger partial charge in [0.15, 0.2) is 0 Å². The van der Waals surface area contributed by atoms with Crippen molar-refractivity contribution in [3.63, 3.8) is 0 Å². The minimum Gasteiger partial charge on any atom is -0.464 e. The number of nitrogens with two attached hydrogens (primary N) is 1. The zero-order chi connectivity index (χ0) is 11.1. The molecule has 0 spiro atoms. The van der Waals surface area contributed by atoms with Crippen LogP contribution in [0.2, 0.25) is 15.3 Å². The molecule has 0 bridgehead atoms. The van der Waals surface area contributed by atoms with E-state index in [9.17, 15) is 0 Å². The number of aromatic nitrogens is 1. The van der Waals surface area contributed by atoms with Crippen LogP contribution in [0.1, 0.15) is 0 Å². The van der Waals surface area contributed by atoms with E-state index in [1.54, 1.807) is 12.1 Å². The van der Waals surface area contributed by atoms with Gasteiger partial charge in [-0.3, -0.25) is 5.43 Å². The number of hydrazine groups is 1. The number of rotatable bonds is 0. The molecule has 0 unspecified atom stereocenters. The van der Waals surface area contributed by atoms with Crippen LogP contribution in [0, 0.1) is 0 Å². The van der Waals surface area contributed by atoms with E-state index in [0.29, 0.717) is 10.2 Å². The molecular formula is C6H6Cl3N3O2. The molecule has 1 heterocycles. The molecule has 0 aliphatic heterocycles. The molecule has 1 amide bonds. The molecule has 0 atom stereocenters. The molecule has 0 saturated carbocycles. The largest absolute Gasteiger partial charge is 0.464 e. The smallest absolute Gasteiger partial charge is 0.418 e. The van der Waals surface area contributed by atoms with Crippen LogP contribution in [-0.2, 0) is 0 Å². The molecule has 1 rings (SSSR count). The van der Waals surface area contributed by atoms with Gasteiger partial charge in [0.1, 0.15) is 10.3 Å². The van der Waals surface area contributed by atoms with Crippen LogP contribution in [0.4, 0.5) is 4.79 Å². The first-order valence-corrected chi connectivity index (χ1v) is 4.28. The Labute approximate surface area is 94.7 Å². The normalized spacial score (nSPS) is 8.57. The van der Waals surface area contributed by atoms with E-state index < -0.39 is 6.09 Å². The van der Waals surface area contributed by atoms with E-state index in [0.717, 1.165) is 0 Å². The van der Waals surface area contributed by atoms with Crippen molar-refractivity contribution in [3.8, 4) is 0 Å². The van der Waals surface area contributed by atoms with Crippen LogP contribution in [0.5, 0.6) is 0 Å². The number of nitrogens with zero attached hydrogens (tertiary/aromatic N) is 1. The summed E-state index contributed by atoms with van der Waals surface area (Å²) in [6.07, 6.45) is -1.22. The molecule has 5 nitrogen and oxygen atoms in total. The minimum absolute atomic E-state index is 0.240. The number of halogens is 3. The highest BCUT2D eigenvalue weighted by atomic mass is 35.5. The summed E-state index contributed by atoms with van der Waals surface area (Å²) in [6, 6.07) is 3.18. The molecule has 0 fully saturated rings. The highest BCUT2D eigenvalue weighted by Gasteiger charge is 1.96. The average molecular weight is 258 g/mol. The van der Waals surface area contributed by atoms with E-state index in [-0.39, 0.29) is 5.15 Å². The summed E-state index contributed by atoms with van der Waals surface area (Å²) in [5, 5.41) is 8.50. The fourth-order valence-corrected chi connectivity index (χ4v) is 0.845. The Balaban J connectivity index is 0.000000292. The fraction of sp³-hybridized carbons (Fsp3) is 0. The van der Waals surface area contributed by atoms with Crippen LogP contribution in [0.3, 0.4) is 0 Å². The zero-order valence-electron chi connectivity index (χ0n) is 6.67. The van der Waals surface area contributed by atoms with Crippen molar-refractivity contribution in [2.75, 3.05) is 0 Å². The predicted molar refractivity (Wildman–Crippen MR) is 54.6 cm³/mol. The molecule has 1 aromatic heterocycles. The molecule has 14 heavy (non-hydrogen) atoms. The van der Waals surface area contributed by atoms with E-state index in [1.807, 2.05) is 0 Å². The minimum atomic E-state index is -1.22. The van der Waals surface area contributed by atoms with E-state index in [1.165, 1.54) is 5.43 Å². The van der Waals surface area contributed by atoms with Gasteiger partial charge in [-0.15, -0.1) is 0 Å². The van der Waals surface area contributed by atoms with Crippen LogP contribution in [0.15, 0.2) is 12.1 Å². The monoisotopic (exact) mass is 257 g/mol. The lowest BCUT2D eigenvalue weighted by Crippen LogP contribution is -2.27. The zero-order valence-corrected chi connectivity index (χ0v) is 8.94. The lowest BCUT2D eigenvalue weighted by Gasteiger charge is -1.91. The molecule has 78 valence electrons. The maximum Gasteiger partial charge on any atom is 0.418 e. The van der Waals surface area contributed by atoms with Gasteiger partial charge < -0.3 is 5.11 Å². The molecular weight excluding hydrogens is 252 g/mol. The summed E-state index contributed by atoms with van der Waals surface area (Å²) in [6.45, 7) is 0. The maximum absolute atomic E-state index is 9.13. The molecule has 0 radical (unpaired) electrons. The third-order valence-corrected chi connectivity index (χ3v) is 1.79. The Kier molecular flexibility index (Phi) is 6.31. The highest BCUT2D eigenvalue weighted by Crippen LogP contribution is 2.20. The van der Waals surface area contributed by atoms with E-state index in [4.69, 9.17) is 44.7 Å². The summed E-state index contributed by atoms with van der Waals surface area (Å²) < 4.78 is 0. The highest BCUT2D eigenvalue weighted by molar-refractivity contribution is 6.41. The Morgan fingerprint density at radius 2 is 1.93 bits per heavy atom. The predicted octanol–water partition coefficient (Wildman–Crippen LogP) is 2.17. The lowest BCUT2D eigenvalue weighted by molar-refractivity contribution is 0.194. The van der Waals surface area contributed by atoms with Gasteiger partial charge in [0.05, 0.1) is 5.02 Å². The Morgan fingerprint density at radius 3 is 2.21 bits per heavy atom. The molecule has 8 heteroatoms. The third-order valence-electron chi connectivity index (χ3n) is 0.893. The molecule has 1 aromatic rings. The van der Waals surface area contributed by atoms with Gasteiger partial charge in [-0.1, -0.05) is 34.8 Å². The number of hydrogen-bond acceptors (Lipinski definition) is 3. The summed E-state index contributed by atoms with van der Waals surface area (Å²) >= 11 is 16.5. The van der Waals surface area contributed by atoms with Gasteiger partial charge in [0.25, 0.3) is 0 Å². The quantitative estimate of drug-likeness (QED) is 0.288. The van der Waals surface area contributed by atoms with Gasteiger partial charge in [0.2, 0.25) is 0 Å². The van der Waals surface area contributed by atoms with Gasteiger partial charge in [-0.2, -0.15) is 0 Å². The third kappa shape index (κ3) is 5.82. The Hall–Kier alpha value is -0.750. The summed E-state index contributed by atoms with van der Waals surface area (Å²) in [5.41, 5.74) is 1.44. The van der Waals surface area contributed by atoms with Crippen LogP contribution in [0.25, 0.3) is 0 Å². The Bertz CT molecular complexity index is 321. The molecule has 0 aromatic carbocycles. The van der Waals surface area contributed by atoms with Crippen molar-refractivity contribution >= 4 is 40.9 Å². The van der Waals surface area contributed by atoms with Crippen LogP contribution < -0.4 is 11.3 Å². The van der Waals surface area contributed by atoms with Crippen LogP contribution >= 0.6 is 34.8 Å². The number of carboxylic acid groups (broad SMARTS) is 1. The number of pyridine rings is 1. The summed E-state index contributed by atoms with van der Waals surface area (Å²) in [7, 11) is 0.